The van der Waals surface area contributed by atoms with E-state index in [4.69, 9.17) is 0 Å². The minimum absolute atomic E-state index is 0.144. The Labute approximate surface area is 97.4 Å². The van der Waals surface area contributed by atoms with E-state index in [0.717, 1.165) is 22.3 Å². The van der Waals surface area contributed by atoms with E-state index in [1.54, 1.807) is 23.1 Å². The number of aromatic hydroxyl groups is 1. The third-order valence-electron chi connectivity index (χ3n) is 2.61. The molecule has 0 fully saturated rings. The number of aromatic nitrogens is 4. The van der Waals surface area contributed by atoms with Crippen molar-refractivity contribution < 1.29 is 5.11 Å². The molecule has 3 aromatic heterocycles. The molecule has 5 heteroatoms. The third kappa shape index (κ3) is 1.52. The van der Waals surface area contributed by atoms with Crippen LogP contribution in [0.2, 0.25) is 0 Å². The van der Waals surface area contributed by atoms with Gasteiger partial charge >= 0.3 is 0 Å². The quantitative estimate of drug-likeness (QED) is 0.687. The van der Waals surface area contributed by atoms with Crippen molar-refractivity contribution in [1.82, 2.24) is 19.8 Å². The maximum atomic E-state index is 9.47. The number of fused-ring (bicyclic) bond motifs is 1. The molecule has 0 unspecified atom stereocenters. The molecule has 0 bridgehead atoms. The molecular formula is C12H10N4O. The van der Waals surface area contributed by atoms with Crippen molar-refractivity contribution in [2.45, 2.75) is 6.92 Å². The average molecular weight is 226 g/mol. The standard InChI is InChI=1S/C12H10N4O/c1-8-12(9-5-10(17)7-13-6-9)11-3-2-4-14-16(11)15-8/h2-7,17H,1H3. The van der Waals surface area contributed by atoms with E-state index in [1.807, 2.05) is 19.1 Å². The van der Waals surface area contributed by atoms with Gasteiger partial charge in [0.1, 0.15) is 5.75 Å². The predicted octanol–water partition coefficient (Wildman–Crippen LogP) is 1.81. The lowest BCUT2D eigenvalue weighted by molar-refractivity contribution is 0.473. The highest BCUT2D eigenvalue weighted by Gasteiger charge is 2.12. The van der Waals surface area contributed by atoms with Gasteiger partial charge in [-0.05, 0) is 25.1 Å². The molecule has 0 saturated heterocycles. The second kappa shape index (κ2) is 3.55. The van der Waals surface area contributed by atoms with Gasteiger partial charge in [0.25, 0.3) is 0 Å². The van der Waals surface area contributed by atoms with Gasteiger partial charge in [-0.15, -0.1) is 0 Å². The van der Waals surface area contributed by atoms with E-state index in [1.165, 1.54) is 6.20 Å². The summed E-state index contributed by atoms with van der Waals surface area (Å²) in [5.74, 6) is 0.144. The maximum Gasteiger partial charge on any atom is 0.134 e. The van der Waals surface area contributed by atoms with Gasteiger partial charge in [0.05, 0.1) is 17.4 Å². The summed E-state index contributed by atoms with van der Waals surface area (Å²) in [6, 6.07) is 5.46. The summed E-state index contributed by atoms with van der Waals surface area (Å²) in [6.07, 6.45) is 4.80. The molecule has 1 N–H and O–H groups in total. The van der Waals surface area contributed by atoms with Crippen molar-refractivity contribution in [3.8, 4) is 16.9 Å². The van der Waals surface area contributed by atoms with Crippen LogP contribution in [0, 0.1) is 6.92 Å². The first-order valence-electron chi connectivity index (χ1n) is 5.21. The van der Waals surface area contributed by atoms with Crippen molar-refractivity contribution in [1.29, 1.82) is 0 Å². The minimum Gasteiger partial charge on any atom is -0.506 e. The monoisotopic (exact) mass is 226 g/mol. The van der Waals surface area contributed by atoms with Gasteiger partial charge in [-0.3, -0.25) is 4.98 Å². The SMILES string of the molecule is Cc1nn2ncccc2c1-c1cncc(O)c1. The Bertz CT molecular complexity index is 690. The van der Waals surface area contributed by atoms with Crippen LogP contribution in [0.5, 0.6) is 5.75 Å². The Hall–Kier alpha value is -2.43. The van der Waals surface area contributed by atoms with Crippen LogP contribution in [-0.2, 0) is 0 Å². The smallest absolute Gasteiger partial charge is 0.134 e. The summed E-state index contributed by atoms with van der Waals surface area (Å²) in [7, 11) is 0. The summed E-state index contributed by atoms with van der Waals surface area (Å²) in [6.45, 7) is 1.91. The topological polar surface area (TPSA) is 63.3 Å². The first-order valence-corrected chi connectivity index (χ1v) is 5.21. The highest BCUT2D eigenvalue weighted by atomic mass is 16.3. The Morgan fingerprint density at radius 3 is 3.00 bits per heavy atom. The lowest BCUT2D eigenvalue weighted by Gasteiger charge is -2.00. The van der Waals surface area contributed by atoms with E-state index >= 15 is 0 Å². The lowest BCUT2D eigenvalue weighted by Crippen LogP contribution is -1.90. The van der Waals surface area contributed by atoms with Crippen LogP contribution in [0.3, 0.4) is 0 Å². The third-order valence-corrected chi connectivity index (χ3v) is 2.61. The largest absolute Gasteiger partial charge is 0.506 e. The molecule has 0 saturated carbocycles. The van der Waals surface area contributed by atoms with Gasteiger partial charge in [0.15, 0.2) is 0 Å². The van der Waals surface area contributed by atoms with Crippen LogP contribution < -0.4 is 0 Å². The molecule has 3 rings (SSSR count). The molecule has 0 radical (unpaired) electrons. The summed E-state index contributed by atoms with van der Waals surface area (Å²) in [5.41, 5.74) is 3.54. The summed E-state index contributed by atoms with van der Waals surface area (Å²) in [4.78, 5) is 3.98. The Balaban J connectivity index is 2.33. The number of aryl methyl sites for hydroxylation is 1. The molecule has 0 aliphatic carbocycles. The maximum absolute atomic E-state index is 9.47. The first kappa shape index (κ1) is 9.77. The van der Waals surface area contributed by atoms with Crippen molar-refractivity contribution >= 4 is 5.52 Å². The van der Waals surface area contributed by atoms with Crippen molar-refractivity contribution in [3.05, 3.63) is 42.5 Å². The average Bonchev–Trinajstić information content (AvgIpc) is 2.64. The molecule has 0 aliphatic rings. The fraction of sp³-hybridized carbons (Fsp3) is 0.0833. The van der Waals surface area contributed by atoms with Gasteiger partial charge in [-0.1, -0.05) is 0 Å². The van der Waals surface area contributed by atoms with Crippen LogP contribution in [0.15, 0.2) is 36.8 Å². The first-order chi connectivity index (χ1) is 8.25. The summed E-state index contributed by atoms with van der Waals surface area (Å²) >= 11 is 0. The zero-order valence-electron chi connectivity index (χ0n) is 9.20. The molecule has 0 aromatic carbocycles. The normalized spacial score (nSPS) is 10.9. The van der Waals surface area contributed by atoms with Crippen molar-refractivity contribution in [2.75, 3.05) is 0 Å². The van der Waals surface area contributed by atoms with Crippen LogP contribution in [0.1, 0.15) is 5.69 Å². The van der Waals surface area contributed by atoms with E-state index < -0.39 is 0 Å². The predicted molar refractivity (Wildman–Crippen MR) is 62.6 cm³/mol. The fourth-order valence-electron chi connectivity index (χ4n) is 1.93. The lowest BCUT2D eigenvalue weighted by atomic mass is 10.1. The van der Waals surface area contributed by atoms with Crippen molar-refractivity contribution in [3.63, 3.8) is 0 Å². The molecule has 0 spiro atoms. The second-order valence-corrected chi connectivity index (χ2v) is 3.79. The number of pyridine rings is 1. The molecular weight excluding hydrogens is 216 g/mol. The second-order valence-electron chi connectivity index (χ2n) is 3.79. The summed E-state index contributed by atoms with van der Waals surface area (Å²) < 4.78 is 1.58. The summed E-state index contributed by atoms with van der Waals surface area (Å²) in [5, 5.41) is 17.9. The Morgan fingerprint density at radius 1 is 1.29 bits per heavy atom. The molecule has 3 aromatic rings. The molecule has 84 valence electrons. The Morgan fingerprint density at radius 2 is 2.18 bits per heavy atom. The zero-order valence-corrected chi connectivity index (χ0v) is 9.20. The molecule has 17 heavy (non-hydrogen) atoms. The van der Waals surface area contributed by atoms with Crippen LogP contribution >= 0.6 is 0 Å². The van der Waals surface area contributed by atoms with E-state index in [0.29, 0.717) is 0 Å². The highest BCUT2D eigenvalue weighted by molar-refractivity contribution is 5.82. The number of nitrogens with zero attached hydrogens (tertiary/aromatic N) is 4. The van der Waals surface area contributed by atoms with Crippen LogP contribution in [0.4, 0.5) is 0 Å². The number of hydrogen-bond donors (Lipinski definition) is 1. The van der Waals surface area contributed by atoms with Crippen LogP contribution in [0.25, 0.3) is 16.6 Å². The van der Waals surface area contributed by atoms with E-state index in [-0.39, 0.29) is 5.75 Å². The van der Waals surface area contributed by atoms with E-state index in [2.05, 4.69) is 15.2 Å². The highest BCUT2D eigenvalue weighted by Crippen LogP contribution is 2.28. The molecule has 5 nitrogen and oxygen atoms in total. The van der Waals surface area contributed by atoms with Gasteiger partial charge in [0, 0.05) is 23.5 Å². The van der Waals surface area contributed by atoms with Crippen LogP contribution in [-0.4, -0.2) is 24.9 Å². The fourth-order valence-corrected chi connectivity index (χ4v) is 1.93. The minimum atomic E-state index is 0.144. The van der Waals surface area contributed by atoms with Gasteiger partial charge < -0.3 is 5.11 Å². The molecule has 0 atom stereocenters. The Kier molecular flexibility index (Phi) is 2.04. The number of rotatable bonds is 1. The molecule has 3 heterocycles. The number of hydrogen-bond acceptors (Lipinski definition) is 4. The van der Waals surface area contributed by atoms with Crippen molar-refractivity contribution in [2.24, 2.45) is 0 Å². The van der Waals surface area contributed by atoms with Gasteiger partial charge in [0.2, 0.25) is 0 Å². The molecule has 0 amide bonds. The van der Waals surface area contributed by atoms with Gasteiger partial charge in [-0.25, -0.2) is 0 Å². The molecule has 0 aliphatic heterocycles. The zero-order chi connectivity index (χ0) is 11.8. The van der Waals surface area contributed by atoms with Gasteiger partial charge in [-0.2, -0.15) is 14.8 Å². The van der Waals surface area contributed by atoms with E-state index in [9.17, 15) is 5.11 Å².